The predicted molar refractivity (Wildman–Crippen MR) is 82.5 cm³/mol. The van der Waals surface area contributed by atoms with Crippen molar-refractivity contribution in [3.63, 3.8) is 0 Å². The number of carbonyl (C=O) groups is 1. The van der Waals surface area contributed by atoms with Crippen molar-refractivity contribution in [2.75, 3.05) is 0 Å². The van der Waals surface area contributed by atoms with E-state index in [2.05, 4.69) is 4.72 Å². The highest BCUT2D eigenvalue weighted by atomic mass is 32.2. The Labute approximate surface area is 127 Å². The summed E-state index contributed by atoms with van der Waals surface area (Å²) < 4.78 is 27.8. The van der Waals surface area contributed by atoms with Gasteiger partial charge in [-0.15, -0.1) is 0 Å². The fourth-order valence-electron chi connectivity index (χ4n) is 2.92. The summed E-state index contributed by atoms with van der Waals surface area (Å²) in [6, 6.07) is 6.44. The van der Waals surface area contributed by atoms with Gasteiger partial charge in [0.1, 0.15) is 5.78 Å². The molecule has 0 unspecified atom stereocenters. The monoisotopic (exact) mass is 309 g/mol. The molecule has 116 valence electrons. The number of Topliss-reactive ketones (excluding diaryl/α,β-unsaturated/α-hetero) is 1. The van der Waals surface area contributed by atoms with Crippen LogP contribution in [0.15, 0.2) is 29.2 Å². The molecular formula is C16H23NO3S. The number of sulfonamides is 1. The van der Waals surface area contributed by atoms with Crippen LogP contribution in [0.4, 0.5) is 0 Å². The first-order chi connectivity index (χ1) is 9.75. The van der Waals surface area contributed by atoms with Gasteiger partial charge in [-0.25, -0.2) is 13.1 Å². The molecule has 1 N–H and O–H groups in total. The molecule has 0 aliphatic heterocycles. The van der Waals surface area contributed by atoms with E-state index in [0.717, 1.165) is 24.8 Å². The number of carbonyl (C=O) groups excluding carboxylic acids is 1. The molecule has 0 aromatic heterocycles. The number of rotatable bonds is 4. The molecule has 21 heavy (non-hydrogen) atoms. The number of nitrogens with one attached hydrogen (secondary N) is 1. The lowest BCUT2D eigenvalue weighted by Gasteiger charge is -2.39. The smallest absolute Gasteiger partial charge is 0.240 e. The van der Waals surface area contributed by atoms with E-state index in [1.165, 1.54) is 0 Å². The van der Waals surface area contributed by atoms with Crippen LogP contribution in [0.1, 0.15) is 45.1 Å². The first-order valence-corrected chi connectivity index (χ1v) is 8.84. The Morgan fingerprint density at radius 2 is 1.86 bits per heavy atom. The van der Waals surface area contributed by atoms with Gasteiger partial charge in [0, 0.05) is 11.5 Å². The zero-order valence-corrected chi connectivity index (χ0v) is 13.7. The van der Waals surface area contributed by atoms with Gasteiger partial charge in [0.2, 0.25) is 10.0 Å². The van der Waals surface area contributed by atoms with Crippen LogP contribution in [0.5, 0.6) is 0 Å². The highest BCUT2D eigenvalue weighted by Crippen LogP contribution is 2.37. The summed E-state index contributed by atoms with van der Waals surface area (Å²) in [5.74, 6) is 0.0545. The lowest BCUT2D eigenvalue weighted by atomic mass is 9.70. The zero-order valence-electron chi connectivity index (χ0n) is 12.8. The van der Waals surface area contributed by atoms with E-state index in [1.807, 2.05) is 13.8 Å². The molecule has 2 atom stereocenters. The Balaban J connectivity index is 2.26. The molecule has 4 nitrogen and oxygen atoms in total. The van der Waals surface area contributed by atoms with E-state index in [-0.39, 0.29) is 16.7 Å². The Bertz CT molecular complexity index is 621. The third-order valence-corrected chi connectivity index (χ3v) is 6.13. The van der Waals surface area contributed by atoms with Gasteiger partial charge in [-0.2, -0.15) is 0 Å². The van der Waals surface area contributed by atoms with Crippen molar-refractivity contribution < 1.29 is 13.2 Å². The normalized spacial score (nSPS) is 26.5. The molecule has 0 heterocycles. The van der Waals surface area contributed by atoms with Crippen molar-refractivity contribution in [3.05, 3.63) is 29.8 Å². The van der Waals surface area contributed by atoms with Crippen molar-refractivity contribution in [2.24, 2.45) is 5.41 Å². The SMILES string of the molecule is CC(=O)[C@]1(C)CCCC[C@@H]1NS(=O)(=O)c1ccc(C)cc1. The van der Waals surface area contributed by atoms with Crippen LogP contribution in [0.3, 0.4) is 0 Å². The van der Waals surface area contributed by atoms with Crippen LogP contribution >= 0.6 is 0 Å². The van der Waals surface area contributed by atoms with Gasteiger partial charge in [0.05, 0.1) is 4.90 Å². The van der Waals surface area contributed by atoms with Gasteiger partial charge >= 0.3 is 0 Å². The zero-order chi connectivity index (χ0) is 15.7. The third-order valence-electron chi connectivity index (χ3n) is 4.64. The number of benzene rings is 1. The van der Waals surface area contributed by atoms with Crippen LogP contribution in [-0.4, -0.2) is 20.2 Å². The molecule has 0 amide bonds. The minimum absolute atomic E-state index is 0.0545. The van der Waals surface area contributed by atoms with Crippen molar-refractivity contribution in [2.45, 2.75) is 57.4 Å². The maximum absolute atomic E-state index is 12.5. The summed E-state index contributed by atoms with van der Waals surface area (Å²) in [5.41, 5.74) is 0.413. The van der Waals surface area contributed by atoms with Crippen LogP contribution in [0, 0.1) is 12.3 Å². The molecule has 1 aliphatic carbocycles. The molecule has 1 aromatic rings. The number of hydrogen-bond donors (Lipinski definition) is 1. The van der Waals surface area contributed by atoms with Gasteiger partial charge in [0.25, 0.3) is 0 Å². The van der Waals surface area contributed by atoms with E-state index in [9.17, 15) is 13.2 Å². The van der Waals surface area contributed by atoms with Crippen molar-refractivity contribution in [3.8, 4) is 0 Å². The van der Waals surface area contributed by atoms with E-state index < -0.39 is 15.4 Å². The predicted octanol–water partition coefficient (Wildman–Crippen LogP) is 2.81. The summed E-state index contributed by atoms with van der Waals surface area (Å²) in [6.45, 7) is 5.34. The van der Waals surface area contributed by atoms with Crippen molar-refractivity contribution >= 4 is 15.8 Å². The van der Waals surface area contributed by atoms with Gasteiger partial charge in [0.15, 0.2) is 0 Å². The fraction of sp³-hybridized carbons (Fsp3) is 0.562. The molecule has 0 radical (unpaired) electrons. The minimum Gasteiger partial charge on any atom is -0.299 e. The maximum atomic E-state index is 12.5. The first kappa shape index (κ1) is 16.2. The molecule has 0 spiro atoms. The van der Waals surface area contributed by atoms with Crippen LogP contribution < -0.4 is 4.72 Å². The van der Waals surface area contributed by atoms with Crippen molar-refractivity contribution in [1.82, 2.24) is 4.72 Å². The third kappa shape index (κ3) is 3.35. The molecule has 0 bridgehead atoms. The summed E-state index contributed by atoms with van der Waals surface area (Å²) in [7, 11) is -3.58. The molecule has 1 aromatic carbocycles. The van der Waals surface area contributed by atoms with Crippen molar-refractivity contribution in [1.29, 1.82) is 0 Å². The molecule has 1 aliphatic rings. The fourth-order valence-corrected chi connectivity index (χ4v) is 4.30. The quantitative estimate of drug-likeness (QED) is 0.930. The van der Waals surface area contributed by atoms with E-state index >= 15 is 0 Å². The minimum atomic E-state index is -3.58. The van der Waals surface area contributed by atoms with E-state index in [4.69, 9.17) is 0 Å². The highest BCUT2D eigenvalue weighted by molar-refractivity contribution is 7.89. The average molecular weight is 309 g/mol. The lowest BCUT2D eigenvalue weighted by molar-refractivity contribution is -0.128. The Hall–Kier alpha value is -1.20. The molecule has 2 rings (SSSR count). The van der Waals surface area contributed by atoms with Crippen LogP contribution in [0.25, 0.3) is 0 Å². The second-order valence-corrected chi connectivity index (χ2v) is 7.92. The Kier molecular flexibility index (Phi) is 4.54. The summed E-state index contributed by atoms with van der Waals surface area (Å²) in [6.07, 6.45) is 3.37. The maximum Gasteiger partial charge on any atom is 0.240 e. The lowest BCUT2D eigenvalue weighted by Crippen LogP contribution is -2.51. The largest absolute Gasteiger partial charge is 0.299 e. The number of hydrogen-bond acceptors (Lipinski definition) is 3. The van der Waals surface area contributed by atoms with Crippen LogP contribution in [-0.2, 0) is 14.8 Å². The Morgan fingerprint density at radius 3 is 2.43 bits per heavy atom. The molecule has 1 saturated carbocycles. The van der Waals surface area contributed by atoms with Gasteiger partial charge in [-0.05, 0) is 38.8 Å². The molecule has 1 fully saturated rings. The van der Waals surface area contributed by atoms with Crippen LogP contribution in [0.2, 0.25) is 0 Å². The standard InChI is InChI=1S/C16H23NO3S/c1-12-7-9-14(10-8-12)21(19,20)17-15-6-4-5-11-16(15,3)13(2)18/h7-10,15,17H,4-6,11H2,1-3H3/t15-,16-/m0/s1. The second kappa shape index (κ2) is 5.89. The van der Waals surface area contributed by atoms with E-state index in [0.29, 0.717) is 6.42 Å². The summed E-state index contributed by atoms with van der Waals surface area (Å²) >= 11 is 0. The topological polar surface area (TPSA) is 63.2 Å². The molecular weight excluding hydrogens is 286 g/mol. The first-order valence-electron chi connectivity index (χ1n) is 7.36. The van der Waals surface area contributed by atoms with Gasteiger partial charge in [-0.3, -0.25) is 4.79 Å². The second-order valence-electron chi connectivity index (χ2n) is 6.21. The highest BCUT2D eigenvalue weighted by Gasteiger charge is 2.42. The summed E-state index contributed by atoms with van der Waals surface area (Å²) in [5, 5.41) is 0. The average Bonchev–Trinajstić information content (AvgIpc) is 2.41. The van der Waals surface area contributed by atoms with E-state index in [1.54, 1.807) is 31.2 Å². The molecule has 0 saturated heterocycles. The summed E-state index contributed by atoms with van der Waals surface area (Å²) in [4.78, 5) is 12.2. The van der Waals surface area contributed by atoms with Gasteiger partial charge < -0.3 is 0 Å². The number of aryl methyl sites for hydroxylation is 1. The number of ketones is 1. The molecule has 5 heteroatoms. The Morgan fingerprint density at radius 1 is 1.24 bits per heavy atom. The van der Waals surface area contributed by atoms with Gasteiger partial charge in [-0.1, -0.05) is 37.5 Å².